The molecule has 3 aromatic carbocycles. The topological polar surface area (TPSA) is 0 Å². The second kappa shape index (κ2) is 10.3. The summed E-state index contributed by atoms with van der Waals surface area (Å²) in [4.78, 5) is 0. The Labute approximate surface area is 243 Å². The molecule has 0 atom stereocenters. The summed E-state index contributed by atoms with van der Waals surface area (Å²) in [5.74, 6) is 0. The minimum absolute atomic E-state index is 1.37. The zero-order chi connectivity index (χ0) is 29.2. The third kappa shape index (κ3) is 5.81. The largest absolute Gasteiger partial charge is 0.249 e. The van der Waals surface area contributed by atoms with Gasteiger partial charge >= 0.3 is 0 Å². The van der Waals surface area contributed by atoms with E-state index in [1.54, 1.807) is 0 Å². The summed E-state index contributed by atoms with van der Waals surface area (Å²) in [6.45, 7) is 35.9. The molecule has 0 bridgehead atoms. The van der Waals surface area contributed by atoms with E-state index in [4.69, 9.17) is 11.1 Å². The smallest absolute Gasteiger partial charge is 0.149 e. The van der Waals surface area contributed by atoms with E-state index in [1.165, 1.54) is 64.5 Å². The average molecular weight is 596 g/mol. The van der Waals surface area contributed by atoms with E-state index in [0.717, 1.165) is 0 Å². The molecule has 0 amide bonds. The maximum absolute atomic E-state index is 8.42. The molecule has 0 nitrogen and oxygen atoms in total. The van der Waals surface area contributed by atoms with Gasteiger partial charge in [-0.25, -0.2) is 0 Å². The summed E-state index contributed by atoms with van der Waals surface area (Å²) in [7, 11) is -7.24. The van der Waals surface area contributed by atoms with Crippen LogP contribution in [-0.4, -0.2) is 31.6 Å². The number of benzene rings is 3. The van der Waals surface area contributed by atoms with Crippen LogP contribution in [0.4, 0.5) is 0 Å². The van der Waals surface area contributed by atoms with Gasteiger partial charge in [0.1, 0.15) is 0 Å². The highest BCUT2D eigenvalue weighted by Crippen LogP contribution is 2.24. The molecule has 0 fully saturated rings. The number of hydrogen-bond acceptors (Lipinski definition) is 0. The lowest BCUT2D eigenvalue weighted by molar-refractivity contribution is 1.39. The molecule has 0 N–H and O–H groups in total. The van der Waals surface area contributed by atoms with Crippen LogP contribution < -0.4 is 31.1 Å². The summed E-state index contributed by atoms with van der Waals surface area (Å²) < 4.78 is 0. The molecule has 0 aliphatic rings. The van der Waals surface area contributed by atoms with Crippen molar-refractivity contribution in [1.29, 1.82) is 0 Å². The number of rotatable bonds is 6. The molecule has 5 heteroatoms. The first-order valence-corrected chi connectivity index (χ1v) is 27.7. The summed E-state index contributed by atoms with van der Waals surface area (Å²) >= 11 is 8.42. The highest BCUT2D eigenvalue weighted by Gasteiger charge is 2.45. The van der Waals surface area contributed by atoms with Crippen molar-refractivity contribution in [2.45, 2.75) is 100 Å². The maximum atomic E-state index is 8.42. The van der Waals surface area contributed by atoms with Gasteiger partial charge in [-0.3, -0.25) is 0 Å². The fourth-order valence-electron chi connectivity index (χ4n) is 6.19. The fraction of sp³-hybridized carbons (Fsp3) is 0.455. The van der Waals surface area contributed by atoms with Crippen LogP contribution in [-0.2, 0) is 0 Å². The van der Waals surface area contributed by atoms with Crippen molar-refractivity contribution < 1.29 is 0 Å². The highest BCUT2D eigenvalue weighted by molar-refractivity contribution is 7.41. The Morgan fingerprint density at radius 1 is 0.368 bits per heavy atom. The van der Waals surface area contributed by atoms with E-state index in [1.807, 2.05) is 0 Å². The summed E-state index contributed by atoms with van der Waals surface area (Å²) in [6, 6.07) is 14.8. The molecule has 206 valence electrons. The lowest BCUT2D eigenvalue weighted by Crippen LogP contribution is -2.68. The normalized spacial score (nSPS) is 13.3. The molecular weight excluding hydrogens is 544 g/mol. The lowest BCUT2D eigenvalue weighted by atomic mass is 10.1. The van der Waals surface area contributed by atoms with E-state index in [0.29, 0.717) is 0 Å². The van der Waals surface area contributed by atoms with Crippen molar-refractivity contribution in [1.82, 2.24) is 0 Å². The van der Waals surface area contributed by atoms with Crippen LogP contribution >= 0.6 is 11.1 Å². The Bertz CT molecular complexity index is 1140. The molecule has 0 saturated carbocycles. The van der Waals surface area contributed by atoms with Crippen molar-refractivity contribution in [3.63, 3.8) is 0 Å². The zero-order valence-corrected chi connectivity index (χ0v) is 31.6. The molecular formula is C33H51ClSi4. The quantitative estimate of drug-likeness (QED) is 0.176. The van der Waals surface area contributed by atoms with Gasteiger partial charge in [-0.1, -0.05) is 111 Å². The Morgan fingerprint density at radius 3 is 0.658 bits per heavy atom. The van der Waals surface area contributed by atoms with Gasteiger partial charge in [-0.05, 0) is 90.5 Å². The van der Waals surface area contributed by atoms with Gasteiger partial charge in [-0.15, -0.1) is 11.1 Å². The molecule has 0 unspecified atom stereocenters. The SMILES string of the molecule is Cc1cc([Si](C)(C)C)cc(C)c1[Si](Cl)(c1c(C)cc([Si](C)(C)C)cc1C)c1c(C)cc([Si](C)(C)C)cc1C. The van der Waals surface area contributed by atoms with Crippen LogP contribution in [0.15, 0.2) is 36.4 Å². The third-order valence-electron chi connectivity index (χ3n) is 8.23. The van der Waals surface area contributed by atoms with Crippen LogP contribution in [0, 0.1) is 41.5 Å². The highest BCUT2D eigenvalue weighted by atomic mass is 35.6. The van der Waals surface area contributed by atoms with Gasteiger partial charge in [0.05, 0.1) is 24.2 Å². The van der Waals surface area contributed by atoms with Crippen LogP contribution in [0.5, 0.6) is 0 Å². The van der Waals surface area contributed by atoms with Crippen LogP contribution in [0.1, 0.15) is 33.4 Å². The first-order valence-electron chi connectivity index (χ1n) is 14.2. The van der Waals surface area contributed by atoms with Crippen molar-refractivity contribution in [3.8, 4) is 0 Å². The maximum Gasteiger partial charge on any atom is 0.249 e. The monoisotopic (exact) mass is 594 g/mol. The second-order valence-corrected chi connectivity index (χ2v) is 34.6. The second-order valence-electron chi connectivity index (χ2n) is 14.9. The number of aryl methyl sites for hydroxylation is 6. The van der Waals surface area contributed by atoms with Crippen molar-refractivity contribution in [2.24, 2.45) is 0 Å². The van der Waals surface area contributed by atoms with Gasteiger partial charge in [0.25, 0.3) is 0 Å². The van der Waals surface area contributed by atoms with E-state index >= 15 is 0 Å². The Kier molecular flexibility index (Phi) is 8.53. The Hall–Kier alpha value is -1.18. The van der Waals surface area contributed by atoms with Crippen molar-refractivity contribution >= 4 is 73.8 Å². The fourth-order valence-corrected chi connectivity index (χ4v) is 17.2. The standard InChI is InChI=1S/C33H51ClSi4/c1-22-16-28(35(7,8)9)17-23(2)31(22)38(34,32-24(3)18-29(19-25(32)4)36(10,11)12)33-26(5)20-30(21-27(33)6)37(13,14)15/h16-21H,1-15H3. The minimum atomic E-state index is -2.87. The minimum Gasteiger partial charge on any atom is -0.149 e. The van der Waals surface area contributed by atoms with Gasteiger partial charge in [0.2, 0.25) is 7.38 Å². The zero-order valence-electron chi connectivity index (χ0n) is 26.8. The molecule has 0 saturated heterocycles. The summed E-state index contributed by atoms with van der Waals surface area (Å²) in [5, 5.41) is 8.78. The number of hydrogen-bond donors (Lipinski definition) is 0. The molecule has 0 heterocycles. The molecule has 0 aliphatic carbocycles. The molecule has 0 aliphatic heterocycles. The molecule has 0 radical (unpaired) electrons. The summed E-state index contributed by atoms with van der Waals surface area (Å²) in [5.41, 5.74) is 8.20. The molecule has 0 spiro atoms. The number of halogens is 1. The Balaban J connectivity index is 2.54. The predicted octanol–water partition coefficient (Wildman–Crippen LogP) is 6.38. The van der Waals surface area contributed by atoms with Gasteiger partial charge in [0, 0.05) is 0 Å². The molecule has 38 heavy (non-hydrogen) atoms. The Morgan fingerprint density at radius 2 is 0.526 bits per heavy atom. The average Bonchev–Trinajstić information content (AvgIpc) is 2.70. The lowest BCUT2D eigenvalue weighted by Gasteiger charge is -2.36. The van der Waals surface area contributed by atoms with Crippen LogP contribution in [0.2, 0.25) is 58.9 Å². The molecule has 3 rings (SSSR count). The first-order chi connectivity index (χ1) is 17.1. The van der Waals surface area contributed by atoms with E-state index in [9.17, 15) is 0 Å². The third-order valence-corrected chi connectivity index (χ3v) is 20.4. The van der Waals surface area contributed by atoms with E-state index in [-0.39, 0.29) is 0 Å². The molecule has 3 aromatic rings. The van der Waals surface area contributed by atoms with Crippen LogP contribution in [0.25, 0.3) is 0 Å². The van der Waals surface area contributed by atoms with E-state index in [2.05, 4.69) is 137 Å². The van der Waals surface area contributed by atoms with Crippen LogP contribution in [0.3, 0.4) is 0 Å². The van der Waals surface area contributed by atoms with Gasteiger partial charge < -0.3 is 0 Å². The molecule has 0 aromatic heterocycles. The summed E-state index contributed by atoms with van der Waals surface area (Å²) in [6.07, 6.45) is 0. The van der Waals surface area contributed by atoms with Gasteiger partial charge in [0.15, 0.2) is 0 Å². The van der Waals surface area contributed by atoms with E-state index < -0.39 is 31.6 Å². The first kappa shape index (κ1) is 31.3. The van der Waals surface area contributed by atoms with Crippen molar-refractivity contribution in [3.05, 3.63) is 69.8 Å². The van der Waals surface area contributed by atoms with Crippen molar-refractivity contribution in [2.75, 3.05) is 0 Å². The predicted molar refractivity (Wildman–Crippen MR) is 187 cm³/mol. The van der Waals surface area contributed by atoms with Gasteiger partial charge in [-0.2, -0.15) is 0 Å².